The van der Waals surface area contributed by atoms with E-state index >= 15 is 0 Å². The molecule has 3 rings (SSSR count). The molecule has 0 saturated carbocycles. The molecule has 2 aromatic carbocycles. The lowest BCUT2D eigenvalue weighted by molar-refractivity contribution is 0.0178. The molecule has 1 aromatic heterocycles. The third kappa shape index (κ3) is 4.57. The number of ether oxygens (including phenoxy) is 1. The minimum Gasteiger partial charge on any atom is -0.389 e. The lowest BCUT2D eigenvalue weighted by Crippen LogP contribution is -2.28. The summed E-state index contributed by atoms with van der Waals surface area (Å²) < 4.78 is 24.4. The van der Waals surface area contributed by atoms with Crippen LogP contribution < -0.4 is 5.76 Å². The van der Waals surface area contributed by atoms with Gasteiger partial charge in [-0.2, -0.15) is 4.68 Å². The summed E-state index contributed by atoms with van der Waals surface area (Å²) in [6.07, 6.45) is -0.957. The highest BCUT2D eigenvalue weighted by Gasteiger charge is 2.14. The van der Waals surface area contributed by atoms with Gasteiger partial charge in [0.15, 0.2) is 0 Å². The van der Waals surface area contributed by atoms with Gasteiger partial charge in [0.2, 0.25) is 5.89 Å². The van der Waals surface area contributed by atoms with Crippen molar-refractivity contribution in [2.75, 3.05) is 6.61 Å². The van der Waals surface area contributed by atoms with Gasteiger partial charge in [-0.3, -0.25) is 0 Å². The first kappa shape index (κ1) is 18.3. The Kier molecular flexibility index (Phi) is 5.82. The van der Waals surface area contributed by atoms with E-state index in [0.717, 1.165) is 10.2 Å². The fraction of sp³-hybridized carbons (Fsp3) is 0.222. The Hall–Kier alpha value is -2.48. The Bertz CT molecular complexity index is 923. The van der Waals surface area contributed by atoms with Gasteiger partial charge in [0.25, 0.3) is 0 Å². The van der Waals surface area contributed by atoms with Crippen molar-refractivity contribution in [1.82, 2.24) is 9.78 Å². The van der Waals surface area contributed by atoms with E-state index in [-0.39, 0.29) is 25.6 Å². The number of aliphatic hydroxyl groups is 1. The zero-order valence-corrected chi connectivity index (χ0v) is 14.4. The fourth-order valence-corrected chi connectivity index (χ4v) is 2.49. The predicted molar refractivity (Wildman–Crippen MR) is 93.3 cm³/mol. The molecular formula is C18H16ClFN2O4. The fourth-order valence-electron chi connectivity index (χ4n) is 2.30. The van der Waals surface area contributed by atoms with E-state index in [0.29, 0.717) is 10.6 Å². The Morgan fingerprint density at radius 2 is 1.96 bits per heavy atom. The van der Waals surface area contributed by atoms with Crippen molar-refractivity contribution >= 4 is 11.6 Å². The molecule has 136 valence electrons. The van der Waals surface area contributed by atoms with E-state index in [1.807, 2.05) is 18.2 Å². The Labute approximate surface area is 153 Å². The van der Waals surface area contributed by atoms with E-state index in [2.05, 4.69) is 5.10 Å². The second kappa shape index (κ2) is 8.27. The van der Waals surface area contributed by atoms with Crippen LogP contribution in [-0.4, -0.2) is 27.6 Å². The van der Waals surface area contributed by atoms with Gasteiger partial charge >= 0.3 is 5.76 Å². The number of rotatable bonds is 7. The third-order valence-corrected chi connectivity index (χ3v) is 3.98. The maximum atomic E-state index is 13.0. The highest BCUT2D eigenvalue weighted by Crippen LogP contribution is 2.17. The minimum absolute atomic E-state index is 0.00357. The summed E-state index contributed by atoms with van der Waals surface area (Å²) in [5.74, 6) is -1.06. The van der Waals surface area contributed by atoms with Crippen LogP contribution in [0.2, 0.25) is 5.02 Å². The molecule has 3 aromatic rings. The lowest BCUT2D eigenvalue weighted by Gasteiger charge is -2.11. The van der Waals surface area contributed by atoms with Crippen LogP contribution in [-0.2, 0) is 17.9 Å². The van der Waals surface area contributed by atoms with Crippen molar-refractivity contribution in [1.29, 1.82) is 0 Å². The molecule has 0 saturated heterocycles. The van der Waals surface area contributed by atoms with Crippen molar-refractivity contribution in [3.63, 3.8) is 0 Å². The monoisotopic (exact) mass is 378 g/mol. The summed E-state index contributed by atoms with van der Waals surface area (Å²) in [7, 11) is 0. The molecule has 0 bridgehead atoms. The van der Waals surface area contributed by atoms with Crippen LogP contribution >= 0.6 is 11.6 Å². The number of halogens is 2. The van der Waals surface area contributed by atoms with Crippen LogP contribution in [0.1, 0.15) is 5.56 Å². The first-order valence-corrected chi connectivity index (χ1v) is 8.24. The molecule has 0 aliphatic carbocycles. The van der Waals surface area contributed by atoms with Gasteiger partial charge in [0.05, 0.1) is 25.9 Å². The van der Waals surface area contributed by atoms with Crippen molar-refractivity contribution in [2.45, 2.75) is 19.3 Å². The second-order valence-electron chi connectivity index (χ2n) is 5.62. The standard InChI is InChI=1S/C18H16ClFN2O4/c19-16-4-2-1-3-13(16)10-25-11-15(23)9-22-18(24)26-17(21-22)12-5-7-14(20)8-6-12/h1-8,15,23H,9-11H2/t15-/m1/s1. The molecule has 1 N–H and O–H groups in total. The SMILES string of the molecule is O=c1oc(-c2ccc(F)cc2)nn1C[C@@H](O)COCc1ccccc1Cl. The minimum atomic E-state index is -0.957. The number of hydrogen-bond acceptors (Lipinski definition) is 5. The number of benzene rings is 2. The molecule has 26 heavy (non-hydrogen) atoms. The molecular weight excluding hydrogens is 363 g/mol. The molecule has 1 atom stereocenters. The van der Waals surface area contributed by atoms with Gasteiger partial charge < -0.3 is 14.3 Å². The molecule has 0 aliphatic heterocycles. The van der Waals surface area contributed by atoms with Crippen molar-refractivity contribution in [3.8, 4) is 11.5 Å². The van der Waals surface area contributed by atoms with Crippen LogP contribution in [0.5, 0.6) is 0 Å². The van der Waals surface area contributed by atoms with E-state index in [1.165, 1.54) is 24.3 Å². The number of hydrogen-bond donors (Lipinski definition) is 1. The van der Waals surface area contributed by atoms with E-state index < -0.39 is 17.7 Å². The van der Waals surface area contributed by atoms with Crippen LogP contribution in [0.25, 0.3) is 11.5 Å². The molecule has 0 unspecified atom stereocenters. The number of aliphatic hydroxyl groups excluding tert-OH is 1. The van der Waals surface area contributed by atoms with Crippen molar-refractivity contribution < 1.29 is 18.7 Å². The zero-order valence-electron chi connectivity index (χ0n) is 13.6. The van der Waals surface area contributed by atoms with Gasteiger partial charge in [0.1, 0.15) is 5.82 Å². The van der Waals surface area contributed by atoms with E-state index in [4.69, 9.17) is 20.8 Å². The topological polar surface area (TPSA) is 77.5 Å². The molecule has 1 heterocycles. The second-order valence-corrected chi connectivity index (χ2v) is 6.03. The molecule has 0 aliphatic rings. The third-order valence-electron chi connectivity index (χ3n) is 3.61. The Balaban J connectivity index is 1.57. The molecule has 6 nitrogen and oxygen atoms in total. The molecule has 0 spiro atoms. The highest BCUT2D eigenvalue weighted by molar-refractivity contribution is 6.31. The van der Waals surface area contributed by atoms with Crippen LogP contribution in [0.3, 0.4) is 0 Å². The lowest BCUT2D eigenvalue weighted by atomic mass is 10.2. The summed E-state index contributed by atoms with van der Waals surface area (Å²) in [5.41, 5.74) is 1.27. The van der Waals surface area contributed by atoms with Crippen LogP contribution in [0.4, 0.5) is 4.39 Å². The average molecular weight is 379 g/mol. The predicted octanol–water partition coefficient (Wildman–Crippen LogP) is 2.87. The van der Waals surface area contributed by atoms with E-state index in [9.17, 15) is 14.3 Å². The summed E-state index contributed by atoms with van der Waals surface area (Å²) >= 11 is 6.03. The summed E-state index contributed by atoms with van der Waals surface area (Å²) in [4.78, 5) is 11.8. The normalized spacial score (nSPS) is 12.3. The van der Waals surface area contributed by atoms with Gasteiger partial charge in [-0.25, -0.2) is 9.18 Å². The molecule has 0 amide bonds. The van der Waals surface area contributed by atoms with Gasteiger partial charge in [0, 0.05) is 10.6 Å². The zero-order chi connectivity index (χ0) is 18.5. The van der Waals surface area contributed by atoms with Gasteiger partial charge in [-0.15, -0.1) is 5.10 Å². The quantitative estimate of drug-likeness (QED) is 0.684. The largest absolute Gasteiger partial charge is 0.437 e. The first-order valence-electron chi connectivity index (χ1n) is 7.86. The Morgan fingerprint density at radius 1 is 1.23 bits per heavy atom. The van der Waals surface area contributed by atoms with Gasteiger partial charge in [-0.05, 0) is 35.9 Å². The maximum Gasteiger partial charge on any atom is 0.437 e. The molecule has 0 fully saturated rings. The van der Waals surface area contributed by atoms with Crippen LogP contribution in [0, 0.1) is 5.82 Å². The van der Waals surface area contributed by atoms with Crippen molar-refractivity contribution in [2.24, 2.45) is 0 Å². The average Bonchev–Trinajstić information content (AvgIpc) is 2.98. The first-order chi connectivity index (χ1) is 12.5. The molecule has 0 radical (unpaired) electrons. The number of nitrogens with zero attached hydrogens (tertiary/aromatic N) is 2. The van der Waals surface area contributed by atoms with Gasteiger partial charge in [-0.1, -0.05) is 29.8 Å². The van der Waals surface area contributed by atoms with Crippen molar-refractivity contribution in [3.05, 3.63) is 75.5 Å². The Morgan fingerprint density at radius 3 is 2.69 bits per heavy atom. The van der Waals surface area contributed by atoms with Crippen LogP contribution in [0.15, 0.2) is 57.7 Å². The number of aromatic nitrogens is 2. The maximum absolute atomic E-state index is 13.0. The smallest absolute Gasteiger partial charge is 0.389 e. The highest BCUT2D eigenvalue weighted by atomic mass is 35.5. The van der Waals surface area contributed by atoms with E-state index in [1.54, 1.807) is 6.07 Å². The summed E-state index contributed by atoms with van der Waals surface area (Å²) in [6.45, 7) is 0.147. The molecule has 8 heteroatoms. The summed E-state index contributed by atoms with van der Waals surface area (Å²) in [5, 5.41) is 14.6. The summed E-state index contributed by atoms with van der Waals surface area (Å²) in [6, 6.07) is 12.6.